The third-order valence-corrected chi connectivity index (χ3v) is 2.21. The van der Waals surface area contributed by atoms with Crippen molar-refractivity contribution in [3.63, 3.8) is 0 Å². The number of hydrogen-bond donors (Lipinski definition) is 2. The molecule has 0 aromatic carbocycles. The van der Waals surface area contributed by atoms with Crippen LogP contribution in [0.25, 0.3) is 0 Å². The standard InChI is InChI=1S/C5H13NO5S/c1-2-6(7,8)4-3-5-12(9,10)11/h7-8H,2-5H2,1H3. The summed E-state index contributed by atoms with van der Waals surface area (Å²) in [7, 11) is -4.24. The fraction of sp³-hybridized carbons (Fsp3) is 1.00. The molecule has 74 valence electrons. The van der Waals surface area contributed by atoms with Gasteiger partial charge in [0.15, 0.2) is 0 Å². The van der Waals surface area contributed by atoms with Crippen LogP contribution in [0.3, 0.4) is 0 Å². The summed E-state index contributed by atoms with van der Waals surface area (Å²) in [4.78, 5) is -1.24. The maximum Gasteiger partial charge on any atom is 0.143 e. The molecule has 0 spiro atoms. The fourth-order valence-electron chi connectivity index (χ4n) is 0.653. The van der Waals surface area contributed by atoms with Crippen molar-refractivity contribution in [3.8, 4) is 0 Å². The Morgan fingerprint density at radius 1 is 1.42 bits per heavy atom. The first kappa shape index (κ1) is 11.8. The second-order valence-electron chi connectivity index (χ2n) is 2.53. The molecule has 0 heterocycles. The lowest BCUT2D eigenvalue weighted by molar-refractivity contribution is -1.24. The van der Waals surface area contributed by atoms with Crippen LogP contribution in [0.5, 0.6) is 0 Å². The van der Waals surface area contributed by atoms with Crippen LogP contribution in [0.4, 0.5) is 0 Å². The predicted octanol–water partition coefficient (Wildman–Crippen LogP) is -0.463. The Hall–Kier alpha value is -0.210. The minimum absolute atomic E-state index is 0.0489. The Kier molecular flexibility index (Phi) is 4.08. The fourth-order valence-corrected chi connectivity index (χ4v) is 1.14. The van der Waals surface area contributed by atoms with Crippen LogP contribution in [0.15, 0.2) is 0 Å². The van der Waals surface area contributed by atoms with E-state index in [-0.39, 0.29) is 19.5 Å². The van der Waals surface area contributed by atoms with E-state index in [4.69, 9.17) is 10.4 Å². The van der Waals surface area contributed by atoms with Gasteiger partial charge in [-0.25, -0.2) is 8.42 Å². The van der Waals surface area contributed by atoms with Crippen molar-refractivity contribution in [2.75, 3.05) is 18.8 Å². The van der Waals surface area contributed by atoms with Crippen LogP contribution in [0.1, 0.15) is 13.3 Å². The van der Waals surface area contributed by atoms with E-state index in [1.807, 2.05) is 0 Å². The molecule has 0 bridgehead atoms. The first-order valence-electron chi connectivity index (χ1n) is 3.53. The molecule has 0 saturated heterocycles. The van der Waals surface area contributed by atoms with Crippen LogP contribution >= 0.6 is 0 Å². The van der Waals surface area contributed by atoms with Crippen LogP contribution in [0.2, 0.25) is 0 Å². The minimum Gasteiger partial charge on any atom is -0.748 e. The first-order chi connectivity index (χ1) is 5.27. The molecule has 12 heavy (non-hydrogen) atoms. The van der Waals surface area contributed by atoms with E-state index in [0.717, 1.165) is 0 Å². The van der Waals surface area contributed by atoms with E-state index >= 15 is 0 Å². The van der Waals surface area contributed by atoms with Gasteiger partial charge in [-0.05, 0) is 11.7 Å². The first-order valence-corrected chi connectivity index (χ1v) is 5.11. The highest BCUT2D eigenvalue weighted by Crippen LogP contribution is 1.98. The van der Waals surface area contributed by atoms with E-state index in [1.165, 1.54) is 6.92 Å². The molecule has 0 amide bonds. The highest BCUT2D eigenvalue weighted by molar-refractivity contribution is 7.85. The van der Waals surface area contributed by atoms with E-state index in [2.05, 4.69) is 0 Å². The Labute approximate surface area is 71.3 Å². The Balaban J connectivity index is 3.72. The van der Waals surface area contributed by atoms with Crippen LogP contribution in [0, 0.1) is 0 Å². The zero-order chi connectivity index (χ0) is 9.83. The van der Waals surface area contributed by atoms with Crippen molar-refractivity contribution in [1.82, 2.24) is 0 Å². The van der Waals surface area contributed by atoms with E-state index in [1.54, 1.807) is 0 Å². The second-order valence-corrected chi connectivity index (χ2v) is 4.06. The largest absolute Gasteiger partial charge is 0.748 e. The molecule has 0 aliphatic heterocycles. The Morgan fingerprint density at radius 2 is 1.92 bits per heavy atom. The highest BCUT2D eigenvalue weighted by atomic mass is 32.2. The van der Waals surface area contributed by atoms with Gasteiger partial charge in [0.05, 0.1) is 10.1 Å². The quantitative estimate of drug-likeness (QED) is 0.354. The highest BCUT2D eigenvalue weighted by Gasteiger charge is 2.18. The second kappa shape index (κ2) is 4.15. The van der Waals surface area contributed by atoms with Crippen molar-refractivity contribution < 1.29 is 28.2 Å². The molecule has 0 fully saturated rings. The summed E-state index contributed by atoms with van der Waals surface area (Å²) in [6.45, 7) is 1.43. The lowest BCUT2D eigenvalue weighted by atomic mass is 10.4. The van der Waals surface area contributed by atoms with Crippen molar-refractivity contribution >= 4 is 10.1 Å². The van der Waals surface area contributed by atoms with E-state index in [0.29, 0.717) is 0 Å². The van der Waals surface area contributed by atoms with Gasteiger partial charge in [0.25, 0.3) is 0 Å². The van der Waals surface area contributed by atoms with Gasteiger partial charge in [-0.1, -0.05) is 0 Å². The van der Waals surface area contributed by atoms with Crippen LogP contribution < -0.4 is 0 Å². The van der Waals surface area contributed by atoms with Gasteiger partial charge in [-0.15, -0.1) is 0 Å². The molecule has 0 saturated carbocycles. The third-order valence-electron chi connectivity index (χ3n) is 1.42. The average molecular weight is 199 g/mol. The predicted molar refractivity (Wildman–Crippen MR) is 38.4 cm³/mol. The third kappa shape index (κ3) is 6.50. The minimum atomic E-state index is -4.24. The molecule has 0 radical (unpaired) electrons. The molecule has 0 rings (SSSR count). The van der Waals surface area contributed by atoms with Gasteiger partial charge < -0.3 is 4.55 Å². The lowest BCUT2D eigenvalue weighted by Gasteiger charge is -2.19. The molecule has 0 aliphatic carbocycles. The van der Waals surface area contributed by atoms with Gasteiger partial charge in [0, 0.05) is 12.2 Å². The van der Waals surface area contributed by atoms with Crippen molar-refractivity contribution in [2.45, 2.75) is 13.3 Å². The van der Waals surface area contributed by atoms with Crippen molar-refractivity contribution in [3.05, 3.63) is 0 Å². The lowest BCUT2D eigenvalue weighted by Crippen LogP contribution is -2.42. The number of quaternary nitrogens is 1. The van der Waals surface area contributed by atoms with Crippen molar-refractivity contribution in [1.29, 1.82) is 0 Å². The SMILES string of the molecule is CC[N+](O)(O)CCCS(=O)(=O)[O-]. The number of hydroxylamine groups is 4. The Morgan fingerprint density at radius 3 is 2.25 bits per heavy atom. The molecule has 7 heteroatoms. The van der Waals surface area contributed by atoms with Gasteiger partial charge in [0.2, 0.25) is 0 Å². The van der Waals surface area contributed by atoms with E-state index in [9.17, 15) is 13.0 Å². The molecule has 0 aromatic heterocycles. The van der Waals surface area contributed by atoms with Crippen molar-refractivity contribution in [2.24, 2.45) is 0 Å². The van der Waals surface area contributed by atoms with Gasteiger partial charge >= 0.3 is 0 Å². The molecular weight excluding hydrogens is 186 g/mol. The molecule has 6 nitrogen and oxygen atoms in total. The van der Waals surface area contributed by atoms with Gasteiger partial charge in [-0.3, -0.25) is 0 Å². The maximum absolute atomic E-state index is 10.1. The van der Waals surface area contributed by atoms with E-state index < -0.39 is 20.7 Å². The summed E-state index contributed by atoms with van der Waals surface area (Å²) in [6.07, 6.45) is -0.0489. The number of rotatable bonds is 5. The molecule has 0 aliphatic rings. The number of hydrogen-bond acceptors (Lipinski definition) is 5. The summed E-state index contributed by atoms with van der Waals surface area (Å²) in [6, 6.07) is 0. The number of nitrogens with zero attached hydrogens (tertiary/aromatic N) is 1. The summed E-state index contributed by atoms with van der Waals surface area (Å²) >= 11 is 0. The molecular formula is C5H13NO5S. The summed E-state index contributed by atoms with van der Waals surface area (Å²) in [5.41, 5.74) is 0. The Bertz CT molecular complexity index is 222. The molecule has 0 aromatic rings. The average Bonchev–Trinajstić information content (AvgIpc) is 1.84. The molecule has 2 N–H and O–H groups in total. The topological polar surface area (TPSA) is 97.7 Å². The molecule has 0 unspecified atom stereocenters. The van der Waals surface area contributed by atoms with Crippen LogP contribution in [-0.4, -0.2) is 47.0 Å². The van der Waals surface area contributed by atoms with Gasteiger partial charge in [-0.2, -0.15) is 10.4 Å². The molecule has 0 atom stereocenters. The van der Waals surface area contributed by atoms with Crippen LogP contribution in [-0.2, 0) is 10.1 Å². The summed E-state index contributed by atoms with van der Waals surface area (Å²) < 4.78 is 30.2. The zero-order valence-electron chi connectivity index (χ0n) is 6.80. The normalized spacial score (nSPS) is 13.3. The monoisotopic (exact) mass is 199 g/mol. The summed E-state index contributed by atoms with van der Waals surface area (Å²) in [5.74, 6) is -0.561. The van der Waals surface area contributed by atoms with Gasteiger partial charge in [0.1, 0.15) is 13.1 Å². The maximum atomic E-state index is 10.1. The summed E-state index contributed by atoms with van der Waals surface area (Å²) in [5, 5.41) is 17.8. The zero-order valence-corrected chi connectivity index (χ0v) is 7.62. The smallest absolute Gasteiger partial charge is 0.143 e.